The standard InChI is InChI=1S/C6H6O3.2CH4/c1-2-4-3-5(7)9-6(4)8;;/h3H,2H2,1H3;2*1H4. The predicted octanol–water partition coefficient (Wildman–Crippen LogP) is 1.68. The number of esters is 2. The van der Waals surface area contributed by atoms with E-state index in [1.807, 2.05) is 0 Å². The van der Waals surface area contributed by atoms with Gasteiger partial charge in [-0.05, 0) is 6.42 Å². The molecule has 0 fully saturated rings. The summed E-state index contributed by atoms with van der Waals surface area (Å²) in [5.41, 5.74) is 0.458. The molecule has 0 spiro atoms. The van der Waals surface area contributed by atoms with E-state index >= 15 is 0 Å². The van der Waals surface area contributed by atoms with Crippen LogP contribution in [0.25, 0.3) is 0 Å². The molecule has 0 aromatic rings. The van der Waals surface area contributed by atoms with Crippen molar-refractivity contribution in [3.63, 3.8) is 0 Å². The molecule has 0 saturated heterocycles. The van der Waals surface area contributed by atoms with E-state index in [-0.39, 0.29) is 14.9 Å². The summed E-state index contributed by atoms with van der Waals surface area (Å²) >= 11 is 0. The van der Waals surface area contributed by atoms with E-state index < -0.39 is 11.9 Å². The highest BCUT2D eigenvalue weighted by Crippen LogP contribution is 2.10. The maximum atomic E-state index is 10.5. The van der Waals surface area contributed by atoms with Crippen molar-refractivity contribution in [3.8, 4) is 0 Å². The van der Waals surface area contributed by atoms with E-state index in [1.165, 1.54) is 6.08 Å². The molecule has 0 bridgehead atoms. The van der Waals surface area contributed by atoms with Crippen LogP contribution in [-0.2, 0) is 14.3 Å². The van der Waals surface area contributed by atoms with Crippen molar-refractivity contribution >= 4 is 11.9 Å². The molecule has 3 heteroatoms. The smallest absolute Gasteiger partial charge is 0.342 e. The lowest BCUT2D eigenvalue weighted by Crippen LogP contribution is -2.00. The van der Waals surface area contributed by atoms with Crippen LogP contribution in [0.4, 0.5) is 0 Å². The zero-order valence-electron chi connectivity index (χ0n) is 5.01. The van der Waals surface area contributed by atoms with Gasteiger partial charge in [-0.3, -0.25) is 0 Å². The van der Waals surface area contributed by atoms with Gasteiger partial charge in [0.1, 0.15) is 0 Å². The first kappa shape index (κ1) is 12.5. The van der Waals surface area contributed by atoms with Crippen LogP contribution in [0.2, 0.25) is 0 Å². The van der Waals surface area contributed by atoms with Gasteiger partial charge in [0.05, 0.1) is 0 Å². The SMILES string of the molecule is C.C.CCC1=CC(=O)OC1=O. The van der Waals surface area contributed by atoms with Gasteiger partial charge in [-0.15, -0.1) is 0 Å². The van der Waals surface area contributed by atoms with Crippen molar-refractivity contribution in [2.45, 2.75) is 28.2 Å². The van der Waals surface area contributed by atoms with Crippen LogP contribution in [0.15, 0.2) is 11.6 Å². The van der Waals surface area contributed by atoms with Crippen molar-refractivity contribution < 1.29 is 14.3 Å². The summed E-state index contributed by atoms with van der Waals surface area (Å²) in [7, 11) is 0. The average molecular weight is 158 g/mol. The minimum atomic E-state index is -0.545. The van der Waals surface area contributed by atoms with Gasteiger partial charge in [0.25, 0.3) is 0 Å². The number of carbonyl (C=O) groups is 2. The van der Waals surface area contributed by atoms with Gasteiger partial charge in [0, 0.05) is 11.6 Å². The number of hydrogen-bond acceptors (Lipinski definition) is 3. The van der Waals surface area contributed by atoms with E-state index in [0.29, 0.717) is 12.0 Å². The number of cyclic esters (lactones) is 2. The minimum Gasteiger partial charge on any atom is -0.386 e. The van der Waals surface area contributed by atoms with Gasteiger partial charge in [0.15, 0.2) is 0 Å². The lowest BCUT2D eigenvalue weighted by molar-refractivity contribution is -0.150. The molecule has 0 atom stereocenters. The van der Waals surface area contributed by atoms with Gasteiger partial charge in [-0.25, -0.2) is 9.59 Å². The Hall–Kier alpha value is -1.12. The van der Waals surface area contributed by atoms with Crippen molar-refractivity contribution in [2.75, 3.05) is 0 Å². The van der Waals surface area contributed by atoms with E-state index in [4.69, 9.17) is 0 Å². The zero-order valence-corrected chi connectivity index (χ0v) is 5.01. The van der Waals surface area contributed by atoms with Crippen LogP contribution in [0.5, 0.6) is 0 Å². The molecule has 1 heterocycles. The summed E-state index contributed by atoms with van der Waals surface area (Å²) < 4.78 is 4.19. The first-order valence-electron chi connectivity index (χ1n) is 2.70. The predicted molar refractivity (Wildman–Crippen MR) is 42.9 cm³/mol. The second-order valence-corrected chi connectivity index (χ2v) is 1.73. The largest absolute Gasteiger partial charge is 0.386 e. The molecule has 0 amide bonds. The maximum absolute atomic E-state index is 10.5. The Labute approximate surface area is 67.0 Å². The van der Waals surface area contributed by atoms with Crippen molar-refractivity contribution in [1.82, 2.24) is 0 Å². The molecule has 0 unspecified atom stereocenters. The van der Waals surface area contributed by atoms with Crippen LogP contribution < -0.4 is 0 Å². The lowest BCUT2D eigenvalue weighted by atomic mass is 10.2. The Morgan fingerprint density at radius 3 is 2.09 bits per heavy atom. The van der Waals surface area contributed by atoms with E-state index in [1.54, 1.807) is 6.92 Å². The third kappa shape index (κ3) is 2.53. The zero-order chi connectivity index (χ0) is 6.85. The summed E-state index contributed by atoms with van der Waals surface area (Å²) in [5.74, 6) is -1.04. The summed E-state index contributed by atoms with van der Waals surface area (Å²) in [6, 6.07) is 0. The molecule has 1 aliphatic rings. The number of ether oxygens (including phenoxy) is 1. The van der Waals surface area contributed by atoms with Crippen LogP contribution in [0, 0.1) is 0 Å². The third-order valence-corrected chi connectivity index (χ3v) is 1.13. The molecular formula is C8H14O3. The van der Waals surface area contributed by atoms with Crippen molar-refractivity contribution in [3.05, 3.63) is 11.6 Å². The normalized spacial score (nSPS) is 14.5. The highest BCUT2D eigenvalue weighted by Gasteiger charge is 2.20. The summed E-state index contributed by atoms with van der Waals surface area (Å²) in [4.78, 5) is 20.8. The topological polar surface area (TPSA) is 43.4 Å². The van der Waals surface area contributed by atoms with Gasteiger partial charge in [-0.1, -0.05) is 21.8 Å². The number of rotatable bonds is 1. The average Bonchev–Trinajstić information content (AvgIpc) is 2.10. The van der Waals surface area contributed by atoms with Gasteiger partial charge >= 0.3 is 11.9 Å². The first-order valence-corrected chi connectivity index (χ1v) is 2.70. The van der Waals surface area contributed by atoms with E-state index in [0.717, 1.165) is 0 Å². The summed E-state index contributed by atoms with van der Waals surface area (Å²) in [5, 5.41) is 0. The molecule has 1 rings (SSSR count). The molecule has 0 N–H and O–H groups in total. The molecule has 0 saturated carbocycles. The van der Waals surface area contributed by atoms with Crippen LogP contribution >= 0.6 is 0 Å². The fourth-order valence-electron chi connectivity index (χ4n) is 0.634. The fourth-order valence-corrected chi connectivity index (χ4v) is 0.634. The Bertz CT molecular complexity index is 192. The molecular weight excluding hydrogens is 144 g/mol. The van der Waals surface area contributed by atoms with Crippen LogP contribution in [-0.4, -0.2) is 11.9 Å². The van der Waals surface area contributed by atoms with Gasteiger partial charge in [0.2, 0.25) is 0 Å². The minimum absolute atomic E-state index is 0. The fraction of sp³-hybridized carbons (Fsp3) is 0.500. The highest BCUT2D eigenvalue weighted by atomic mass is 16.6. The molecule has 0 aliphatic carbocycles. The molecule has 1 aliphatic heterocycles. The Balaban J connectivity index is 0. The Kier molecular flexibility index (Phi) is 5.31. The maximum Gasteiger partial charge on any atom is 0.342 e. The second-order valence-electron chi connectivity index (χ2n) is 1.73. The molecule has 3 nitrogen and oxygen atoms in total. The molecule has 0 aromatic carbocycles. The van der Waals surface area contributed by atoms with Crippen LogP contribution in [0.1, 0.15) is 28.2 Å². The summed E-state index contributed by atoms with van der Waals surface area (Å²) in [6.45, 7) is 1.80. The molecule has 0 radical (unpaired) electrons. The third-order valence-electron chi connectivity index (χ3n) is 1.13. The highest BCUT2D eigenvalue weighted by molar-refractivity contribution is 6.08. The summed E-state index contributed by atoms with van der Waals surface area (Å²) in [6.07, 6.45) is 1.78. The molecule has 64 valence electrons. The van der Waals surface area contributed by atoms with Gasteiger partial charge in [-0.2, -0.15) is 0 Å². The quantitative estimate of drug-likeness (QED) is 0.430. The Morgan fingerprint density at radius 1 is 1.36 bits per heavy atom. The monoisotopic (exact) mass is 158 g/mol. The second kappa shape index (κ2) is 4.66. The van der Waals surface area contributed by atoms with Crippen molar-refractivity contribution in [1.29, 1.82) is 0 Å². The van der Waals surface area contributed by atoms with Crippen LogP contribution in [0.3, 0.4) is 0 Å². The van der Waals surface area contributed by atoms with Crippen molar-refractivity contribution in [2.24, 2.45) is 0 Å². The molecule has 11 heavy (non-hydrogen) atoms. The molecule has 0 aromatic heterocycles. The first-order chi connectivity index (χ1) is 4.24. The Morgan fingerprint density at radius 2 is 1.91 bits per heavy atom. The number of carbonyl (C=O) groups excluding carboxylic acids is 2. The van der Waals surface area contributed by atoms with E-state index in [2.05, 4.69) is 4.74 Å². The lowest BCUT2D eigenvalue weighted by Gasteiger charge is -1.87. The van der Waals surface area contributed by atoms with Gasteiger partial charge < -0.3 is 4.74 Å². The van der Waals surface area contributed by atoms with E-state index in [9.17, 15) is 9.59 Å². The number of hydrogen-bond donors (Lipinski definition) is 0.